The van der Waals surface area contributed by atoms with E-state index in [2.05, 4.69) is 144 Å². The Morgan fingerprint density at radius 1 is 0.727 bits per heavy atom. The summed E-state index contributed by atoms with van der Waals surface area (Å²) in [6, 6.07) is 41.7. The Balaban J connectivity index is 1.30. The van der Waals surface area contributed by atoms with Crippen LogP contribution in [0.3, 0.4) is 0 Å². The van der Waals surface area contributed by atoms with Crippen molar-refractivity contribution in [2.45, 2.75) is 25.9 Å². The van der Waals surface area contributed by atoms with Crippen LogP contribution in [-0.2, 0) is 6.42 Å². The van der Waals surface area contributed by atoms with E-state index in [4.69, 9.17) is 4.99 Å². The summed E-state index contributed by atoms with van der Waals surface area (Å²) in [5.74, 6) is 1.50. The Morgan fingerprint density at radius 3 is 2.36 bits per heavy atom. The Kier molecular flexibility index (Phi) is 5.85. The molecule has 2 aromatic heterocycles. The van der Waals surface area contributed by atoms with Crippen LogP contribution in [0.2, 0.25) is 0 Å². The molecule has 4 heteroatoms. The second-order valence-corrected chi connectivity index (χ2v) is 13.2. The molecular weight excluding hydrogens is 555 g/mol. The van der Waals surface area contributed by atoms with Gasteiger partial charge in [0.2, 0.25) is 0 Å². The maximum atomic E-state index is 5.36. The summed E-state index contributed by atoms with van der Waals surface area (Å²) >= 11 is 1.84. The normalized spacial score (nSPS) is 17.7. The summed E-state index contributed by atoms with van der Waals surface area (Å²) in [6.45, 7) is 2.37. The SMILES string of the molecule is CC1CC=Cc2sc3c(c2C1)C(n1c2ccccc2c2cc4ccccc4cc21)NC(c1cccc(-c2ccccc2)c1)=N3. The van der Waals surface area contributed by atoms with Gasteiger partial charge in [0.15, 0.2) is 0 Å². The van der Waals surface area contributed by atoms with Crippen LogP contribution in [0.15, 0.2) is 126 Å². The van der Waals surface area contributed by atoms with E-state index < -0.39 is 0 Å². The number of amidine groups is 1. The van der Waals surface area contributed by atoms with Crippen molar-refractivity contribution in [3.8, 4) is 11.1 Å². The maximum absolute atomic E-state index is 5.36. The van der Waals surface area contributed by atoms with E-state index >= 15 is 0 Å². The van der Waals surface area contributed by atoms with Crippen molar-refractivity contribution < 1.29 is 0 Å². The molecule has 7 aromatic rings. The third-order valence-electron chi connectivity index (χ3n) is 9.26. The molecule has 2 unspecified atom stereocenters. The first-order valence-corrected chi connectivity index (χ1v) is 16.3. The summed E-state index contributed by atoms with van der Waals surface area (Å²) in [7, 11) is 0. The summed E-state index contributed by atoms with van der Waals surface area (Å²) in [6.07, 6.45) is 6.75. The van der Waals surface area contributed by atoms with Crippen molar-refractivity contribution in [1.29, 1.82) is 0 Å². The van der Waals surface area contributed by atoms with Gasteiger partial charge >= 0.3 is 0 Å². The van der Waals surface area contributed by atoms with Crippen molar-refractivity contribution in [2.75, 3.05) is 0 Å². The highest BCUT2D eigenvalue weighted by atomic mass is 32.1. The third kappa shape index (κ3) is 4.05. The largest absolute Gasteiger partial charge is 0.345 e. The zero-order valence-electron chi connectivity index (χ0n) is 24.5. The fourth-order valence-corrected chi connectivity index (χ4v) is 8.32. The molecule has 44 heavy (non-hydrogen) atoms. The van der Waals surface area contributed by atoms with Crippen LogP contribution in [0.5, 0.6) is 0 Å². The first-order chi connectivity index (χ1) is 21.7. The lowest BCUT2D eigenvalue weighted by molar-refractivity contribution is 0.553. The molecule has 0 radical (unpaired) electrons. The second-order valence-electron chi connectivity index (χ2n) is 12.2. The van der Waals surface area contributed by atoms with Crippen LogP contribution in [0.25, 0.3) is 49.8 Å². The summed E-state index contributed by atoms with van der Waals surface area (Å²) < 4.78 is 2.54. The van der Waals surface area contributed by atoms with Gasteiger partial charge in [-0.25, -0.2) is 4.99 Å². The lowest BCUT2D eigenvalue weighted by atomic mass is 9.95. The van der Waals surface area contributed by atoms with Crippen LogP contribution < -0.4 is 5.32 Å². The van der Waals surface area contributed by atoms with Crippen molar-refractivity contribution in [1.82, 2.24) is 9.88 Å². The molecule has 0 spiro atoms. The van der Waals surface area contributed by atoms with Gasteiger partial charge in [0.05, 0.1) is 11.0 Å². The number of fused-ring (bicyclic) bond motifs is 7. The molecular formula is C40H31N3S. The van der Waals surface area contributed by atoms with E-state index in [-0.39, 0.29) is 6.17 Å². The lowest BCUT2D eigenvalue weighted by Crippen LogP contribution is -2.36. The minimum atomic E-state index is -0.0971. The summed E-state index contributed by atoms with van der Waals surface area (Å²) in [4.78, 5) is 6.71. The number of hydrogen-bond acceptors (Lipinski definition) is 3. The molecule has 0 saturated heterocycles. The molecule has 0 amide bonds. The van der Waals surface area contributed by atoms with Gasteiger partial charge in [-0.3, -0.25) is 0 Å². The van der Waals surface area contributed by atoms with E-state index in [1.807, 2.05) is 11.3 Å². The van der Waals surface area contributed by atoms with Gasteiger partial charge in [-0.15, -0.1) is 11.3 Å². The Labute approximate surface area is 260 Å². The monoisotopic (exact) mass is 585 g/mol. The number of nitrogens with one attached hydrogen (secondary N) is 1. The minimum Gasteiger partial charge on any atom is -0.345 e. The zero-order valence-corrected chi connectivity index (χ0v) is 25.3. The molecule has 1 N–H and O–H groups in total. The van der Waals surface area contributed by atoms with Crippen LogP contribution >= 0.6 is 11.3 Å². The van der Waals surface area contributed by atoms with Gasteiger partial charge in [0, 0.05) is 26.8 Å². The van der Waals surface area contributed by atoms with E-state index in [1.165, 1.54) is 59.7 Å². The van der Waals surface area contributed by atoms with Gasteiger partial charge in [-0.2, -0.15) is 0 Å². The molecule has 9 rings (SSSR count). The van der Waals surface area contributed by atoms with Gasteiger partial charge in [0.25, 0.3) is 0 Å². The number of thiophene rings is 1. The van der Waals surface area contributed by atoms with Gasteiger partial charge in [0.1, 0.15) is 17.0 Å². The van der Waals surface area contributed by atoms with Crippen molar-refractivity contribution in [2.24, 2.45) is 10.9 Å². The fourth-order valence-electron chi connectivity index (χ4n) is 7.15. The van der Waals surface area contributed by atoms with E-state index in [1.54, 1.807) is 0 Å². The topological polar surface area (TPSA) is 29.3 Å². The lowest BCUT2D eigenvalue weighted by Gasteiger charge is -2.30. The standard InChI is InChI=1S/C40H31N3S/c1-25-11-9-20-36-33(21-25)37-39(41-38(42-40(37)44-36)30-17-10-16-27(22-30)26-12-3-2-4-13-26)43-34-19-8-7-18-31(34)32-23-28-14-5-6-15-29(28)24-35(32)43/h2-10,12-20,22-25,39H,11,21H2,1H3,(H,41,42). The molecule has 0 bridgehead atoms. The third-order valence-corrected chi connectivity index (χ3v) is 10.4. The molecule has 3 heterocycles. The molecule has 212 valence electrons. The highest BCUT2D eigenvalue weighted by molar-refractivity contribution is 7.17. The predicted octanol–water partition coefficient (Wildman–Crippen LogP) is 10.5. The minimum absolute atomic E-state index is 0.0971. The van der Waals surface area contributed by atoms with E-state index in [0.717, 1.165) is 29.2 Å². The first-order valence-electron chi connectivity index (χ1n) is 15.5. The molecule has 2 aliphatic rings. The number of rotatable bonds is 3. The molecule has 0 saturated carbocycles. The van der Waals surface area contributed by atoms with E-state index in [0.29, 0.717) is 5.92 Å². The quantitative estimate of drug-likeness (QED) is 0.220. The number of para-hydroxylation sites is 1. The van der Waals surface area contributed by atoms with Crippen molar-refractivity contribution in [3.05, 3.63) is 143 Å². The van der Waals surface area contributed by atoms with Gasteiger partial charge in [-0.05, 0) is 76.6 Å². The molecule has 3 nitrogen and oxygen atoms in total. The predicted molar refractivity (Wildman–Crippen MR) is 187 cm³/mol. The highest BCUT2D eigenvalue weighted by Gasteiger charge is 2.33. The zero-order chi connectivity index (χ0) is 29.2. The van der Waals surface area contributed by atoms with Crippen molar-refractivity contribution in [3.63, 3.8) is 0 Å². The average Bonchev–Trinajstić information content (AvgIpc) is 3.51. The molecule has 1 aliphatic carbocycles. The molecule has 5 aromatic carbocycles. The van der Waals surface area contributed by atoms with Crippen LogP contribution in [0.1, 0.15) is 41.1 Å². The van der Waals surface area contributed by atoms with Crippen LogP contribution in [0.4, 0.5) is 5.00 Å². The fraction of sp³-hybridized carbons (Fsp3) is 0.125. The second kappa shape index (κ2) is 10.1. The molecule has 0 fully saturated rings. The number of hydrogen-bond donors (Lipinski definition) is 1. The van der Waals surface area contributed by atoms with Crippen LogP contribution in [0, 0.1) is 5.92 Å². The Hall–Kier alpha value is -4.93. The summed E-state index contributed by atoms with van der Waals surface area (Å²) in [5, 5.41) is 10.2. The van der Waals surface area contributed by atoms with Gasteiger partial charge < -0.3 is 9.88 Å². The smallest absolute Gasteiger partial charge is 0.136 e. The number of allylic oxidation sites excluding steroid dienone is 1. The van der Waals surface area contributed by atoms with E-state index in [9.17, 15) is 0 Å². The molecule has 2 atom stereocenters. The number of aromatic nitrogens is 1. The Bertz CT molecular complexity index is 2290. The number of nitrogens with zero attached hydrogens (tertiary/aromatic N) is 2. The first kappa shape index (κ1) is 25.6. The number of benzene rings is 5. The highest BCUT2D eigenvalue weighted by Crippen LogP contribution is 2.47. The van der Waals surface area contributed by atoms with Crippen LogP contribution in [-0.4, -0.2) is 10.4 Å². The van der Waals surface area contributed by atoms with Gasteiger partial charge in [-0.1, -0.05) is 104 Å². The summed E-state index contributed by atoms with van der Waals surface area (Å²) in [5.41, 5.74) is 8.73. The Morgan fingerprint density at radius 2 is 1.48 bits per heavy atom. The average molecular weight is 586 g/mol. The molecule has 1 aliphatic heterocycles. The maximum Gasteiger partial charge on any atom is 0.136 e. The van der Waals surface area contributed by atoms with Crippen molar-refractivity contribution >= 4 is 60.8 Å². The number of aliphatic imine (C=N–C) groups is 1.